The van der Waals surface area contributed by atoms with E-state index in [1.165, 1.54) is 0 Å². The van der Waals surface area contributed by atoms with E-state index in [9.17, 15) is 18.3 Å². The highest BCUT2D eigenvalue weighted by atomic mass is 32.2. The summed E-state index contributed by atoms with van der Waals surface area (Å²) in [5.41, 5.74) is 0.598. The molecule has 0 radical (unpaired) electrons. The van der Waals surface area contributed by atoms with Gasteiger partial charge in [-0.05, 0) is 31.4 Å². The molecule has 110 valence electrons. The van der Waals surface area contributed by atoms with Gasteiger partial charge >= 0.3 is 5.97 Å². The summed E-state index contributed by atoms with van der Waals surface area (Å²) in [7, 11) is -3.65. The van der Waals surface area contributed by atoms with Gasteiger partial charge in [0.25, 0.3) is 10.0 Å². The molecular weight excluding hydrogens is 292 g/mol. The van der Waals surface area contributed by atoms with Gasteiger partial charge in [0.05, 0.1) is 5.92 Å². The normalized spacial score (nSPS) is 32.1. The van der Waals surface area contributed by atoms with Crippen LogP contribution < -0.4 is 0 Å². The van der Waals surface area contributed by atoms with Gasteiger partial charge in [0.15, 0.2) is 5.84 Å². The van der Waals surface area contributed by atoms with E-state index < -0.39 is 21.9 Å². The SMILES string of the molecule is O=C(O)C1CC2CCC1N2C1=NS(=O)(=O)c2ccccc21. The number of aliphatic carboxylic acids is 1. The first-order chi connectivity index (χ1) is 9.99. The molecule has 1 aromatic rings. The summed E-state index contributed by atoms with van der Waals surface area (Å²) in [5.74, 6) is -0.800. The Hall–Kier alpha value is -1.89. The highest BCUT2D eigenvalue weighted by molar-refractivity contribution is 7.90. The van der Waals surface area contributed by atoms with Crippen LogP contribution in [-0.4, -0.2) is 42.3 Å². The minimum absolute atomic E-state index is 0.0798. The minimum atomic E-state index is -3.65. The van der Waals surface area contributed by atoms with Crippen molar-refractivity contribution in [3.05, 3.63) is 29.8 Å². The van der Waals surface area contributed by atoms with Gasteiger partial charge in [-0.1, -0.05) is 12.1 Å². The lowest BCUT2D eigenvalue weighted by Crippen LogP contribution is -2.37. The zero-order valence-electron chi connectivity index (χ0n) is 11.1. The van der Waals surface area contributed by atoms with E-state index in [-0.39, 0.29) is 17.0 Å². The molecular formula is C14H14N2O4S. The molecule has 0 aliphatic carbocycles. The molecule has 3 unspecified atom stereocenters. The maximum Gasteiger partial charge on any atom is 0.308 e. The highest BCUT2D eigenvalue weighted by Gasteiger charge is 2.52. The lowest BCUT2D eigenvalue weighted by molar-refractivity contribution is -0.142. The zero-order valence-corrected chi connectivity index (χ0v) is 12.0. The number of nitrogens with zero attached hydrogens (tertiary/aromatic N) is 2. The highest BCUT2D eigenvalue weighted by Crippen LogP contribution is 2.44. The van der Waals surface area contributed by atoms with Crippen LogP contribution in [0.3, 0.4) is 0 Å². The summed E-state index contributed by atoms with van der Waals surface area (Å²) >= 11 is 0. The number of sulfonamides is 1. The fourth-order valence-corrected chi connectivity index (χ4v) is 5.07. The van der Waals surface area contributed by atoms with Crippen LogP contribution in [0.2, 0.25) is 0 Å². The summed E-state index contributed by atoms with van der Waals surface area (Å²) in [6.07, 6.45) is 2.25. The summed E-state index contributed by atoms with van der Waals surface area (Å²) in [6.45, 7) is 0. The van der Waals surface area contributed by atoms with Gasteiger partial charge in [0.1, 0.15) is 4.90 Å². The fraction of sp³-hybridized carbons (Fsp3) is 0.429. The molecule has 0 saturated carbocycles. The molecule has 3 heterocycles. The Morgan fingerprint density at radius 1 is 1.29 bits per heavy atom. The number of hydrogen-bond acceptors (Lipinski definition) is 4. The average molecular weight is 306 g/mol. The Kier molecular flexibility index (Phi) is 2.48. The van der Waals surface area contributed by atoms with Gasteiger partial charge < -0.3 is 10.0 Å². The molecule has 0 aromatic heterocycles. The quantitative estimate of drug-likeness (QED) is 0.838. The molecule has 1 N–H and O–H groups in total. The lowest BCUT2D eigenvalue weighted by atomic mass is 9.89. The molecule has 3 aliphatic heterocycles. The monoisotopic (exact) mass is 306 g/mol. The van der Waals surface area contributed by atoms with E-state index >= 15 is 0 Å². The van der Waals surface area contributed by atoms with E-state index in [2.05, 4.69) is 4.40 Å². The molecule has 2 saturated heterocycles. The van der Waals surface area contributed by atoms with Gasteiger partial charge in [-0.3, -0.25) is 4.79 Å². The van der Waals surface area contributed by atoms with Gasteiger partial charge in [-0.2, -0.15) is 8.42 Å². The van der Waals surface area contributed by atoms with Crippen LogP contribution in [0.4, 0.5) is 0 Å². The Balaban J connectivity index is 1.81. The topological polar surface area (TPSA) is 87.0 Å². The Bertz CT molecular complexity index is 771. The Labute approximate surface area is 122 Å². The third kappa shape index (κ3) is 1.67. The van der Waals surface area contributed by atoms with Crippen LogP contribution in [0.5, 0.6) is 0 Å². The number of benzene rings is 1. The van der Waals surface area contributed by atoms with Crippen molar-refractivity contribution in [1.29, 1.82) is 0 Å². The maximum absolute atomic E-state index is 12.1. The minimum Gasteiger partial charge on any atom is -0.481 e. The van der Waals surface area contributed by atoms with E-state index in [0.717, 1.165) is 12.8 Å². The second kappa shape index (κ2) is 4.07. The second-order valence-electron chi connectivity index (χ2n) is 5.77. The van der Waals surface area contributed by atoms with Crippen molar-refractivity contribution in [2.45, 2.75) is 36.2 Å². The van der Waals surface area contributed by atoms with Gasteiger partial charge in [0, 0.05) is 17.6 Å². The number of carbonyl (C=O) groups is 1. The molecule has 6 nitrogen and oxygen atoms in total. The predicted octanol–water partition coefficient (Wildman–Crippen LogP) is 1.07. The summed E-state index contributed by atoms with van der Waals surface area (Å²) < 4.78 is 28.2. The number of carboxylic acid groups (broad SMARTS) is 1. The van der Waals surface area contributed by atoms with E-state index in [1.807, 2.05) is 4.90 Å². The van der Waals surface area contributed by atoms with Crippen molar-refractivity contribution in [2.75, 3.05) is 0 Å². The molecule has 0 spiro atoms. The first-order valence-corrected chi connectivity index (χ1v) is 8.38. The molecule has 2 fully saturated rings. The van der Waals surface area contributed by atoms with Crippen molar-refractivity contribution >= 4 is 21.8 Å². The average Bonchev–Trinajstić information content (AvgIpc) is 3.09. The van der Waals surface area contributed by atoms with Crippen molar-refractivity contribution < 1.29 is 18.3 Å². The zero-order chi connectivity index (χ0) is 14.8. The van der Waals surface area contributed by atoms with Crippen LogP contribution in [-0.2, 0) is 14.8 Å². The van der Waals surface area contributed by atoms with Gasteiger partial charge in [-0.25, -0.2) is 0 Å². The van der Waals surface area contributed by atoms with Crippen LogP contribution >= 0.6 is 0 Å². The van der Waals surface area contributed by atoms with Gasteiger partial charge in [0.2, 0.25) is 0 Å². The smallest absolute Gasteiger partial charge is 0.308 e. The molecule has 3 atom stereocenters. The molecule has 2 bridgehead atoms. The van der Waals surface area contributed by atoms with Crippen molar-refractivity contribution in [3.63, 3.8) is 0 Å². The van der Waals surface area contributed by atoms with Crippen LogP contribution in [0, 0.1) is 5.92 Å². The summed E-state index contributed by atoms with van der Waals surface area (Å²) in [6, 6.07) is 6.68. The molecule has 1 aromatic carbocycles. The standard InChI is InChI=1S/C14H14N2O4S/c17-14(18)10-7-8-5-6-11(10)16(8)13-9-3-1-2-4-12(9)21(19,20)15-13/h1-4,8,10-11H,5-7H2,(H,17,18). The van der Waals surface area contributed by atoms with Crippen molar-refractivity contribution in [1.82, 2.24) is 4.90 Å². The molecule has 7 heteroatoms. The molecule has 3 aliphatic rings. The number of amidine groups is 1. The predicted molar refractivity (Wildman–Crippen MR) is 74.6 cm³/mol. The van der Waals surface area contributed by atoms with E-state index in [4.69, 9.17) is 0 Å². The maximum atomic E-state index is 12.1. The van der Waals surface area contributed by atoms with Crippen molar-refractivity contribution in [2.24, 2.45) is 10.3 Å². The second-order valence-corrected chi connectivity index (χ2v) is 7.34. The molecule has 0 amide bonds. The summed E-state index contributed by atoms with van der Waals surface area (Å²) in [4.78, 5) is 13.5. The molecule has 4 rings (SSSR count). The first kappa shape index (κ1) is 12.8. The van der Waals surface area contributed by atoms with Crippen LogP contribution in [0.15, 0.2) is 33.6 Å². The molecule has 21 heavy (non-hydrogen) atoms. The van der Waals surface area contributed by atoms with Crippen molar-refractivity contribution in [3.8, 4) is 0 Å². The number of carboxylic acids is 1. The Morgan fingerprint density at radius 3 is 2.76 bits per heavy atom. The fourth-order valence-electron chi connectivity index (χ4n) is 3.86. The number of fused-ring (bicyclic) bond motifs is 3. The largest absolute Gasteiger partial charge is 0.481 e. The van der Waals surface area contributed by atoms with Crippen LogP contribution in [0.25, 0.3) is 0 Å². The Morgan fingerprint density at radius 2 is 2.05 bits per heavy atom. The van der Waals surface area contributed by atoms with E-state index in [1.54, 1.807) is 24.3 Å². The first-order valence-electron chi connectivity index (χ1n) is 6.94. The third-order valence-electron chi connectivity index (χ3n) is 4.71. The lowest BCUT2D eigenvalue weighted by Gasteiger charge is -2.24. The number of rotatable bonds is 1. The summed E-state index contributed by atoms with van der Waals surface area (Å²) in [5, 5.41) is 9.31. The third-order valence-corrected chi connectivity index (χ3v) is 6.04. The number of hydrogen-bond donors (Lipinski definition) is 1. The van der Waals surface area contributed by atoms with E-state index in [0.29, 0.717) is 17.8 Å². The van der Waals surface area contributed by atoms with Gasteiger partial charge in [-0.15, -0.1) is 4.40 Å². The van der Waals surface area contributed by atoms with Crippen LogP contribution in [0.1, 0.15) is 24.8 Å².